The van der Waals surface area contributed by atoms with E-state index in [1.807, 2.05) is 6.92 Å². The molecule has 0 fully saturated rings. The van der Waals surface area contributed by atoms with Crippen molar-refractivity contribution in [2.45, 2.75) is 90.8 Å². The molecule has 7 nitrogen and oxygen atoms in total. The fourth-order valence-electron chi connectivity index (χ4n) is 2.99. The summed E-state index contributed by atoms with van der Waals surface area (Å²) in [6, 6.07) is 0.778. The van der Waals surface area contributed by atoms with E-state index in [2.05, 4.69) is 64.2 Å². The summed E-state index contributed by atoms with van der Waals surface area (Å²) in [5.41, 5.74) is 0. The third kappa shape index (κ3) is 14.9. The van der Waals surface area contributed by atoms with Gasteiger partial charge in [-0.25, -0.2) is 4.79 Å². The monoisotopic (exact) mass is 469 g/mol. The Morgan fingerprint density at radius 1 is 0.929 bits per heavy atom. The van der Waals surface area contributed by atoms with Crippen LogP contribution in [0.4, 0.5) is 4.79 Å². The zero-order valence-corrected chi connectivity index (χ0v) is 23.6. The summed E-state index contributed by atoms with van der Waals surface area (Å²) in [6.45, 7) is 21.7. The molecule has 168 valence electrons. The molecule has 0 saturated heterocycles. The smallest absolute Gasteiger partial charge is 0.407 e. The quantitative estimate of drug-likeness (QED) is 0.308. The number of nitrogens with one attached hydrogen (secondary N) is 1. The van der Waals surface area contributed by atoms with Crippen molar-refractivity contribution in [3.05, 3.63) is 0 Å². The molecule has 2 atom stereocenters. The first-order chi connectivity index (χ1) is 12.5. The first kappa shape index (κ1) is 28.0. The lowest BCUT2D eigenvalue weighted by molar-refractivity contribution is 0.0664. The maximum Gasteiger partial charge on any atom is 0.407 e. The van der Waals surface area contributed by atoms with Crippen LogP contribution < -0.4 is 5.32 Å². The Morgan fingerprint density at radius 2 is 1.46 bits per heavy atom. The largest absolute Gasteiger partial charge is 0.447 e. The Balaban J connectivity index is 4.74. The van der Waals surface area contributed by atoms with Gasteiger partial charge < -0.3 is 27.5 Å². The van der Waals surface area contributed by atoms with E-state index >= 15 is 0 Å². The molecule has 0 aromatic carbocycles. The molecule has 1 amide bonds. The van der Waals surface area contributed by atoms with E-state index in [4.69, 9.17) is 17.1 Å². The van der Waals surface area contributed by atoms with Gasteiger partial charge >= 0.3 is 23.2 Å². The van der Waals surface area contributed by atoms with E-state index < -0.39 is 46.0 Å². The van der Waals surface area contributed by atoms with Gasteiger partial charge in [-0.1, -0.05) is 6.92 Å². The summed E-state index contributed by atoms with van der Waals surface area (Å²) < 4.78 is 24.5. The van der Waals surface area contributed by atoms with Gasteiger partial charge in [0.15, 0.2) is 16.6 Å². The maximum absolute atomic E-state index is 11.7. The summed E-state index contributed by atoms with van der Waals surface area (Å²) in [7, 11) is -8.24. The van der Waals surface area contributed by atoms with Crippen LogP contribution >= 0.6 is 0 Å². The molecular formula is C17H43NO6Si4. The lowest BCUT2D eigenvalue weighted by Crippen LogP contribution is -2.56. The highest BCUT2D eigenvalue weighted by molar-refractivity contribution is 6.89. The summed E-state index contributed by atoms with van der Waals surface area (Å²) in [6.07, 6.45) is 0.191. The van der Waals surface area contributed by atoms with Crippen molar-refractivity contribution in [2.24, 2.45) is 0 Å². The van der Waals surface area contributed by atoms with Gasteiger partial charge in [-0.3, -0.25) is 0 Å². The fourth-order valence-corrected chi connectivity index (χ4v) is 20.9. The van der Waals surface area contributed by atoms with Crippen molar-refractivity contribution in [3.63, 3.8) is 0 Å². The van der Waals surface area contributed by atoms with Crippen molar-refractivity contribution in [2.75, 3.05) is 13.2 Å². The molecule has 2 unspecified atom stereocenters. The average Bonchev–Trinajstić information content (AvgIpc) is 2.43. The number of aliphatic hydroxyl groups excluding tert-OH is 1. The fraction of sp³-hybridized carbons (Fsp3) is 0.941. The van der Waals surface area contributed by atoms with Crippen molar-refractivity contribution in [3.8, 4) is 0 Å². The molecular weight excluding hydrogens is 427 g/mol. The van der Waals surface area contributed by atoms with E-state index in [9.17, 15) is 9.90 Å². The lowest BCUT2D eigenvalue weighted by Gasteiger charge is -2.41. The van der Waals surface area contributed by atoms with E-state index in [1.165, 1.54) is 0 Å². The van der Waals surface area contributed by atoms with Gasteiger partial charge in [-0.05, 0) is 77.8 Å². The van der Waals surface area contributed by atoms with Crippen molar-refractivity contribution >= 4 is 39.8 Å². The predicted molar refractivity (Wildman–Crippen MR) is 124 cm³/mol. The van der Waals surface area contributed by atoms with E-state index in [0.717, 1.165) is 12.5 Å². The van der Waals surface area contributed by atoms with Crippen molar-refractivity contribution < 1.29 is 27.0 Å². The minimum Gasteiger partial charge on any atom is -0.447 e. The SMILES string of the molecule is CCC(O)COC(=O)NCCC[Si](C)(O[Si](C)(C)C)O[Si](C)(C)O[Si](C)(C)C. The Kier molecular flexibility index (Phi) is 11.4. The second-order valence-electron chi connectivity index (χ2n) is 9.76. The van der Waals surface area contributed by atoms with Crippen LogP contribution in [0.5, 0.6) is 0 Å². The number of carbonyl (C=O) groups excluding carboxylic acids is 1. The molecule has 0 aromatic rings. The Bertz CT molecular complexity index is 481. The summed E-state index contributed by atoms with van der Waals surface area (Å²) in [5, 5.41) is 12.2. The number of hydrogen-bond acceptors (Lipinski definition) is 6. The molecule has 28 heavy (non-hydrogen) atoms. The molecule has 0 aliphatic rings. The molecule has 11 heteroatoms. The Hall–Kier alpha value is -0.0225. The second-order valence-corrected chi connectivity index (χ2v) is 26.2. The van der Waals surface area contributed by atoms with Crippen LogP contribution in [0.25, 0.3) is 0 Å². The topological polar surface area (TPSA) is 86.3 Å². The van der Waals surface area contributed by atoms with Crippen molar-refractivity contribution in [1.82, 2.24) is 5.32 Å². The first-order valence-corrected chi connectivity index (χ1v) is 22.3. The summed E-state index contributed by atoms with van der Waals surface area (Å²) in [5.74, 6) is 0. The van der Waals surface area contributed by atoms with Crippen LogP contribution in [0.1, 0.15) is 19.8 Å². The van der Waals surface area contributed by atoms with Crippen molar-refractivity contribution in [1.29, 1.82) is 0 Å². The maximum atomic E-state index is 11.7. The van der Waals surface area contributed by atoms with Crippen LogP contribution in [-0.2, 0) is 17.1 Å². The Morgan fingerprint density at radius 3 is 1.93 bits per heavy atom. The second kappa shape index (κ2) is 11.4. The summed E-state index contributed by atoms with van der Waals surface area (Å²) in [4.78, 5) is 11.7. The molecule has 0 radical (unpaired) electrons. The number of ether oxygens (including phenoxy) is 1. The summed E-state index contributed by atoms with van der Waals surface area (Å²) >= 11 is 0. The van der Waals surface area contributed by atoms with Gasteiger partial charge in [-0.15, -0.1) is 0 Å². The number of rotatable bonds is 13. The molecule has 0 heterocycles. The number of alkyl carbamates (subject to hydrolysis) is 1. The van der Waals surface area contributed by atoms with E-state index in [-0.39, 0.29) is 6.61 Å². The molecule has 0 aliphatic carbocycles. The third-order valence-corrected chi connectivity index (χ3v) is 17.0. The first-order valence-electron chi connectivity index (χ1n) is 10.2. The van der Waals surface area contributed by atoms with Gasteiger partial charge in [0, 0.05) is 6.54 Å². The highest BCUT2D eigenvalue weighted by atomic mass is 28.5. The van der Waals surface area contributed by atoms with Crippen LogP contribution in [0.3, 0.4) is 0 Å². The molecule has 0 saturated carbocycles. The lowest BCUT2D eigenvalue weighted by atomic mass is 10.3. The number of amides is 1. The number of hydrogen-bond donors (Lipinski definition) is 2. The van der Waals surface area contributed by atoms with E-state index in [0.29, 0.717) is 13.0 Å². The van der Waals surface area contributed by atoms with Crippen LogP contribution in [0.2, 0.25) is 65.0 Å². The normalized spacial score (nSPS) is 16.4. The zero-order valence-electron chi connectivity index (χ0n) is 19.6. The van der Waals surface area contributed by atoms with Gasteiger partial charge in [-0.2, -0.15) is 0 Å². The zero-order chi connectivity index (χ0) is 22.2. The average molecular weight is 470 g/mol. The van der Waals surface area contributed by atoms with Crippen LogP contribution in [0, 0.1) is 0 Å². The highest BCUT2D eigenvalue weighted by Gasteiger charge is 2.44. The molecule has 0 aliphatic heterocycles. The van der Waals surface area contributed by atoms with E-state index in [1.54, 1.807) is 0 Å². The number of carbonyl (C=O) groups is 1. The Labute approximate surface area is 176 Å². The third-order valence-electron chi connectivity index (χ3n) is 3.49. The minimum atomic E-state index is -2.45. The molecule has 0 bridgehead atoms. The van der Waals surface area contributed by atoms with Crippen LogP contribution in [-0.4, -0.2) is 64.2 Å². The number of aliphatic hydroxyl groups is 1. The van der Waals surface area contributed by atoms with Gasteiger partial charge in [0.05, 0.1) is 6.10 Å². The van der Waals surface area contributed by atoms with Gasteiger partial charge in [0.1, 0.15) is 6.61 Å². The standard InChI is InChI=1S/C17H43NO6Si4/c1-11-16(19)15-21-17(20)18-13-12-14-28(10,23-26(5,6)7)24-27(8,9)22-25(2,3)4/h16,19H,11-15H2,1-10H3,(H,18,20). The molecule has 0 aromatic heterocycles. The molecule has 0 rings (SSSR count). The minimum absolute atomic E-state index is 0.0183. The highest BCUT2D eigenvalue weighted by Crippen LogP contribution is 2.27. The predicted octanol–water partition coefficient (Wildman–Crippen LogP) is 4.37. The van der Waals surface area contributed by atoms with Gasteiger partial charge in [0.25, 0.3) is 0 Å². The van der Waals surface area contributed by atoms with Gasteiger partial charge in [0.2, 0.25) is 0 Å². The molecule has 0 spiro atoms. The van der Waals surface area contributed by atoms with Crippen LogP contribution in [0.15, 0.2) is 0 Å². The molecule has 2 N–H and O–H groups in total.